The molecule has 2 amide bonds. The number of hydrogen-bond acceptors (Lipinski definition) is 7. The van der Waals surface area contributed by atoms with Crippen molar-refractivity contribution in [3.63, 3.8) is 0 Å². The molecular weight excluding hydrogens is 452 g/mol. The van der Waals surface area contributed by atoms with Crippen molar-refractivity contribution in [2.75, 3.05) is 10.6 Å². The lowest BCUT2D eigenvalue weighted by atomic mass is 10.1. The third-order valence-electron chi connectivity index (χ3n) is 4.68. The number of ketones is 1. The summed E-state index contributed by atoms with van der Waals surface area (Å²) in [6, 6.07) is 16.4. The maximum absolute atomic E-state index is 12.8. The normalized spacial score (nSPS) is 10.1. The fraction of sp³-hybridized carbons (Fsp3) is 0.115. The monoisotopic (exact) mass is 474 g/mol. The molecule has 0 aromatic heterocycles. The maximum atomic E-state index is 12.8. The van der Waals surface area contributed by atoms with E-state index in [0.717, 1.165) is 0 Å². The van der Waals surface area contributed by atoms with Crippen molar-refractivity contribution in [2.45, 2.75) is 20.8 Å². The summed E-state index contributed by atoms with van der Waals surface area (Å²) >= 11 is 0. The Labute approximate surface area is 201 Å². The van der Waals surface area contributed by atoms with Crippen molar-refractivity contribution >= 4 is 40.9 Å². The second kappa shape index (κ2) is 10.9. The number of esters is 2. The van der Waals surface area contributed by atoms with Gasteiger partial charge in [0.25, 0.3) is 11.8 Å². The molecule has 3 rings (SSSR count). The second-order valence-corrected chi connectivity index (χ2v) is 7.46. The van der Waals surface area contributed by atoms with E-state index in [1.165, 1.54) is 87.5 Å². The molecule has 9 heteroatoms. The standard InChI is InChI=1S/C26H22N2O7/c1-15(29)20-8-13-23(27-25(32)18-4-9-21(10-5-18)34-16(2)30)24(14-20)28-26(33)19-6-11-22(12-7-19)35-17(3)31/h4-14H,1-3H3,(H,27,32)(H,28,33). The van der Waals surface area contributed by atoms with Crippen LogP contribution in [0, 0.1) is 0 Å². The van der Waals surface area contributed by atoms with E-state index in [-0.39, 0.29) is 28.3 Å². The molecule has 0 saturated heterocycles. The molecule has 9 nitrogen and oxygen atoms in total. The third-order valence-corrected chi connectivity index (χ3v) is 4.68. The van der Waals surface area contributed by atoms with E-state index in [1.807, 2.05) is 0 Å². The van der Waals surface area contributed by atoms with Gasteiger partial charge in [0.05, 0.1) is 11.4 Å². The minimum atomic E-state index is -0.499. The Morgan fingerprint density at radius 1 is 0.543 bits per heavy atom. The van der Waals surface area contributed by atoms with Crippen molar-refractivity contribution in [2.24, 2.45) is 0 Å². The Bertz CT molecular complexity index is 1300. The number of benzene rings is 3. The topological polar surface area (TPSA) is 128 Å². The fourth-order valence-corrected chi connectivity index (χ4v) is 3.05. The highest BCUT2D eigenvalue weighted by Gasteiger charge is 2.15. The van der Waals surface area contributed by atoms with Crippen LogP contribution in [0.1, 0.15) is 51.8 Å². The fourth-order valence-electron chi connectivity index (χ4n) is 3.05. The Kier molecular flexibility index (Phi) is 7.73. The quantitative estimate of drug-likeness (QED) is 0.298. The van der Waals surface area contributed by atoms with Gasteiger partial charge in [-0.2, -0.15) is 0 Å². The van der Waals surface area contributed by atoms with Crippen LogP contribution < -0.4 is 20.1 Å². The number of ether oxygens (including phenoxy) is 2. The predicted octanol–water partition coefficient (Wildman–Crippen LogP) is 4.24. The zero-order valence-electron chi connectivity index (χ0n) is 19.2. The average molecular weight is 474 g/mol. The number of amides is 2. The molecule has 2 N–H and O–H groups in total. The molecule has 0 aliphatic heterocycles. The van der Waals surface area contributed by atoms with Gasteiger partial charge < -0.3 is 20.1 Å². The van der Waals surface area contributed by atoms with Gasteiger partial charge in [-0.3, -0.25) is 24.0 Å². The Morgan fingerprint density at radius 3 is 1.34 bits per heavy atom. The molecule has 178 valence electrons. The highest BCUT2D eigenvalue weighted by molar-refractivity contribution is 6.11. The van der Waals surface area contributed by atoms with Gasteiger partial charge in [0.2, 0.25) is 0 Å². The second-order valence-electron chi connectivity index (χ2n) is 7.46. The minimum Gasteiger partial charge on any atom is -0.427 e. The van der Waals surface area contributed by atoms with Crippen LogP contribution in [0.3, 0.4) is 0 Å². The number of Topliss-reactive ketones (excluding diaryl/α,β-unsaturated/α-hetero) is 1. The summed E-state index contributed by atoms with van der Waals surface area (Å²) in [6.45, 7) is 3.93. The van der Waals surface area contributed by atoms with E-state index in [2.05, 4.69) is 10.6 Å². The van der Waals surface area contributed by atoms with Crippen LogP contribution in [0.5, 0.6) is 11.5 Å². The summed E-state index contributed by atoms with van der Waals surface area (Å²) in [7, 11) is 0. The minimum absolute atomic E-state index is 0.217. The third kappa shape index (κ3) is 6.84. The van der Waals surface area contributed by atoms with E-state index >= 15 is 0 Å². The van der Waals surface area contributed by atoms with Crippen LogP contribution in [0.2, 0.25) is 0 Å². The molecule has 0 heterocycles. The Hall–Kier alpha value is -4.79. The summed E-state index contributed by atoms with van der Waals surface area (Å²) in [6.07, 6.45) is 0. The summed E-state index contributed by atoms with van der Waals surface area (Å²) in [5.41, 5.74) is 1.39. The Morgan fingerprint density at radius 2 is 0.943 bits per heavy atom. The molecule has 0 spiro atoms. The number of anilines is 2. The number of hydrogen-bond donors (Lipinski definition) is 2. The van der Waals surface area contributed by atoms with Gasteiger partial charge in [-0.15, -0.1) is 0 Å². The largest absolute Gasteiger partial charge is 0.427 e. The lowest BCUT2D eigenvalue weighted by Gasteiger charge is -2.14. The highest BCUT2D eigenvalue weighted by atomic mass is 16.5. The molecule has 0 saturated carbocycles. The molecule has 0 fully saturated rings. The smallest absolute Gasteiger partial charge is 0.308 e. The van der Waals surface area contributed by atoms with E-state index in [1.54, 1.807) is 0 Å². The van der Waals surface area contributed by atoms with Gasteiger partial charge in [-0.05, 0) is 73.7 Å². The molecule has 0 aliphatic carbocycles. The summed E-state index contributed by atoms with van der Waals surface area (Å²) in [5, 5.41) is 5.41. The van der Waals surface area contributed by atoms with Crippen molar-refractivity contribution < 1.29 is 33.4 Å². The molecule has 0 bridgehead atoms. The van der Waals surface area contributed by atoms with Crippen LogP contribution in [-0.2, 0) is 9.59 Å². The van der Waals surface area contributed by atoms with Gasteiger partial charge >= 0.3 is 11.9 Å². The van der Waals surface area contributed by atoms with Gasteiger partial charge in [0, 0.05) is 30.5 Å². The van der Waals surface area contributed by atoms with E-state index in [0.29, 0.717) is 17.1 Å². The van der Waals surface area contributed by atoms with Crippen LogP contribution in [0.4, 0.5) is 11.4 Å². The molecule has 0 unspecified atom stereocenters. The summed E-state index contributed by atoms with van der Waals surface area (Å²) in [5.74, 6) is -1.56. The molecule has 0 aliphatic rings. The first kappa shape index (κ1) is 24.8. The van der Waals surface area contributed by atoms with Crippen LogP contribution in [0.25, 0.3) is 0 Å². The number of carbonyl (C=O) groups is 5. The summed E-state index contributed by atoms with van der Waals surface area (Å²) in [4.78, 5) is 59.5. The first-order chi connectivity index (χ1) is 16.6. The number of nitrogens with one attached hydrogen (secondary N) is 2. The molecular formula is C26H22N2O7. The zero-order valence-corrected chi connectivity index (χ0v) is 19.2. The van der Waals surface area contributed by atoms with E-state index < -0.39 is 23.8 Å². The number of rotatable bonds is 7. The van der Waals surface area contributed by atoms with Crippen LogP contribution >= 0.6 is 0 Å². The Balaban J connectivity index is 1.82. The molecule has 0 radical (unpaired) electrons. The summed E-state index contributed by atoms with van der Waals surface area (Å²) < 4.78 is 9.92. The lowest BCUT2D eigenvalue weighted by molar-refractivity contribution is -0.132. The van der Waals surface area contributed by atoms with Crippen molar-refractivity contribution in [3.8, 4) is 11.5 Å². The van der Waals surface area contributed by atoms with Crippen molar-refractivity contribution in [1.29, 1.82) is 0 Å². The van der Waals surface area contributed by atoms with Crippen molar-refractivity contribution in [3.05, 3.63) is 83.4 Å². The molecule has 3 aromatic rings. The maximum Gasteiger partial charge on any atom is 0.308 e. The van der Waals surface area contributed by atoms with E-state index in [4.69, 9.17) is 9.47 Å². The lowest BCUT2D eigenvalue weighted by Crippen LogP contribution is -2.17. The molecule has 3 aromatic carbocycles. The average Bonchev–Trinajstić information content (AvgIpc) is 2.80. The SMILES string of the molecule is CC(=O)Oc1ccc(C(=O)Nc2ccc(C(C)=O)cc2NC(=O)c2ccc(OC(C)=O)cc2)cc1. The van der Waals surface area contributed by atoms with Gasteiger partial charge in [0.1, 0.15) is 11.5 Å². The van der Waals surface area contributed by atoms with Gasteiger partial charge in [-0.25, -0.2) is 0 Å². The van der Waals surface area contributed by atoms with Gasteiger partial charge in [-0.1, -0.05) is 0 Å². The van der Waals surface area contributed by atoms with Gasteiger partial charge in [0.15, 0.2) is 5.78 Å². The number of carbonyl (C=O) groups excluding carboxylic acids is 5. The first-order valence-electron chi connectivity index (χ1n) is 10.5. The zero-order chi connectivity index (χ0) is 25.5. The highest BCUT2D eigenvalue weighted by Crippen LogP contribution is 2.26. The first-order valence-corrected chi connectivity index (χ1v) is 10.5. The molecule has 35 heavy (non-hydrogen) atoms. The van der Waals surface area contributed by atoms with Crippen molar-refractivity contribution in [1.82, 2.24) is 0 Å². The molecule has 0 atom stereocenters. The predicted molar refractivity (Wildman–Crippen MR) is 128 cm³/mol. The van der Waals surface area contributed by atoms with Crippen LogP contribution in [0.15, 0.2) is 66.7 Å². The van der Waals surface area contributed by atoms with E-state index in [9.17, 15) is 24.0 Å². The van der Waals surface area contributed by atoms with Crippen LogP contribution in [-0.4, -0.2) is 29.5 Å².